The molecule has 0 aliphatic heterocycles. The summed E-state index contributed by atoms with van der Waals surface area (Å²) in [5, 5.41) is 5.45. The minimum Gasteiger partial charge on any atom is -0.380 e. The van der Waals surface area contributed by atoms with Gasteiger partial charge in [-0.15, -0.1) is 0 Å². The maximum Gasteiger partial charge on any atom is 0.220 e. The first kappa shape index (κ1) is 17.9. The van der Waals surface area contributed by atoms with E-state index in [0.29, 0.717) is 39.1 Å². The Morgan fingerprint density at radius 3 is 2.26 bits per heavy atom. The summed E-state index contributed by atoms with van der Waals surface area (Å²) in [5.74, 6) is 0.0537. The molecule has 19 heavy (non-hydrogen) atoms. The molecule has 0 saturated heterocycles. The molecule has 0 aromatic carbocycles. The third kappa shape index (κ3) is 9.47. The molecule has 2 amide bonds. The number of hydrogen-bond acceptors (Lipinski definition) is 3. The van der Waals surface area contributed by atoms with E-state index >= 15 is 0 Å². The van der Waals surface area contributed by atoms with Gasteiger partial charge in [-0.3, -0.25) is 9.59 Å². The van der Waals surface area contributed by atoms with Gasteiger partial charge in [0.1, 0.15) is 0 Å². The standard InChI is InChI=1S/C14H28N2O3/c1-6-16-12(18)7-13(2,3)9-19-10-14(4,5)8-15-11-17/h11H,6-10H2,1-5H3,(H,15,17)(H,16,18). The third-order valence-corrected chi connectivity index (χ3v) is 2.66. The number of rotatable bonds is 10. The molecule has 112 valence electrons. The van der Waals surface area contributed by atoms with Gasteiger partial charge in [-0.2, -0.15) is 0 Å². The molecule has 2 N–H and O–H groups in total. The normalized spacial score (nSPS) is 12.1. The Balaban J connectivity index is 4.03. The van der Waals surface area contributed by atoms with E-state index in [1.807, 2.05) is 34.6 Å². The van der Waals surface area contributed by atoms with Gasteiger partial charge in [-0.05, 0) is 12.3 Å². The molecule has 5 nitrogen and oxygen atoms in total. The van der Waals surface area contributed by atoms with Crippen LogP contribution in [-0.2, 0) is 14.3 Å². The van der Waals surface area contributed by atoms with E-state index in [-0.39, 0.29) is 16.7 Å². The molecule has 0 unspecified atom stereocenters. The molecule has 0 fully saturated rings. The highest BCUT2D eigenvalue weighted by Gasteiger charge is 2.24. The second-order valence-electron chi connectivity index (χ2n) is 6.45. The molecule has 0 bridgehead atoms. The summed E-state index contributed by atoms with van der Waals surface area (Å²) >= 11 is 0. The third-order valence-electron chi connectivity index (χ3n) is 2.66. The fourth-order valence-electron chi connectivity index (χ4n) is 1.72. The summed E-state index contributed by atoms with van der Waals surface area (Å²) in [7, 11) is 0. The van der Waals surface area contributed by atoms with E-state index in [9.17, 15) is 9.59 Å². The zero-order chi connectivity index (χ0) is 14.9. The summed E-state index contributed by atoms with van der Waals surface area (Å²) in [4.78, 5) is 21.8. The lowest BCUT2D eigenvalue weighted by Crippen LogP contribution is -2.35. The van der Waals surface area contributed by atoms with Crippen molar-refractivity contribution in [1.29, 1.82) is 0 Å². The number of carbonyl (C=O) groups excluding carboxylic acids is 2. The quantitative estimate of drug-likeness (QED) is 0.590. The van der Waals surface area contributed by atoms with Gasteiger partial charge in [-0.25, -0.2) is 0 Å². The van der Waals surface area contributed by atoms with Gasteiger partial charge in [0.05, 0.1) is 13.2 Å². The van der Waals surface area contributed by atoms with Crippen LogP contribution < -0.4 is 10.6 Å². The van der Waals surface area contributed by atoms with E-state index in [4.69, 9.17) is 4.74 Å². The zero-order valence-corrected chi connectivity index (χ0v) is 12.8. The molecule has 5 heteroatoms. The Hall–Kier alpha value is -1.10. The number of hydrogen-bond donors (Lipinski definition) is 2. The SMILES string of the molecule is CCNC(=O)CC(C)(C)COCC(C)(C)CNC=O. The fraction of sp³-hybridized carbons (Fsp3) is 0.857. The molecule has 0 heterocycles. The van der Waals surface area contributed by atoms with Gasteiger partial charge in [-0.1, -0.05) is 27.7 Å². The molecular formula is C14H28N2O3. The van der Waals surface area contributed by atoms with Crippen molar-refractivity contribution in [3.8, 4) is 0 Å². The van der Waals surface area contributed by atoms with Crippen molar-refractivity contribution in [3.05, 3.63) is 0 Å². The highest BCUT2D eigenvalue weighted by molar-refractivity contribution is 5.76. The fourth-order valence-corrected chi connectivity index (χ4v) is 1.72. The van der Waals surface area contributed by atoms with Crippen molar-refractivity contribution in [2.24, 2.45) is 10.8 Å². The van der Waals surface area contributed by atoms with Crippen molar-refractivity contribution in [2.75, 3.05) is 26.3 Å². The zero-order valence-electron chi connectivity index (χ0n) is 12.8. The molecule has 0 aliphatic carbocycles. The molecule has 0 saturated carbocycles. The van der Waals surface area contributed by atoms with E-state index in [0.717, 1.165) is 0 Å². The molecule has 0 radical (unpaired) electrons. The Morgan fingerprint density at radius 1 is 1.16 bits per heavy atom. The Bertz CT molecular complexity index is 288. The highest BCUT2D eigenvalue weighted by atomic mass is 16.5. The lowest BCUT2D eigenvalue weighted by atomic mass is 9.89. The average Bonchev–Trinajstić information content (AvgIpc) is 2.25. The Morgan fingerprint density at radius 2 is 1.74 bits per heavy atom. The van der Waals surface area contributed by atoms with Gasteiger partial charge in [0, 0.05) is 24.9 Å². The smallest absolute Gasteiger partial charge is 0.220 e. The van der Waals surface area contributed by atoms with Crippen LogP contribution in [0.5, 0.6) is 0 Å². The van der Waals surface area contributed by atoms with Crippen molar-refractivity contribution < 1.29 is 14.3 Å². The van der Waals surface area contributed by atoms with Gasteiger partial charge in [0.15, 0.2) is 0 Å². The van der Waals surface area contributed by atoms with Crippen LogP contribution in [0.3, 0.4) is 0 Å². The number of carbonyl (C=O) groups is 2. The van der Waals surface area contributed by atoms with E-state index in [2.05, 4.69) is 10.6 Å². The van der Waals surface area contributed by atoms with Crippen molar-refractivity contribution in [3.63, 3.8) is 0 Å². The van der Waals surface area contributed by atoms with Crippen LogP contribution in [0, 0.1) is 10.8 Å². The molecule has 0 aliphatic rings. The van der Waals surface area contributed by atoms with E-state index in [1.54, 1.807) is 0 Å². The summed E-state index contributed by atoms with van der Waals surface area (Å²) in [6.07, 6.45) is 1.15. The first-order valence-electron chi connectivity index (χ1n) is 6.74. The highest BCUT2D eigenvalue weighted by Crippen LogP contribution is 2.22. The van der Waals surface area contributed by atoms with Crippen molar-refractivity contribution >= 4 is 12.3 Å². The maximum absolute atomic E-state index is 11.5. The lowest BCUT2D eigenvalue weighted by molar-refractivity contribution is -0.124. The topological polar surface area (TPSA) is 67.4 Å². The minimum absolute atomic E-state index is 0.0537. The molecule has 0 aromatic rings. The van der Waals surface area contributed by atoms with Gasteiger partial charge < -0.3 is 15.4 Å². The Labute approximate surface area is 116 Å². The lowest BCUT2D eigenvalue weighted by Gasteiger charge is -2.28. The van der Waals surface area contributed by atoms with Crippen LogP contribution >= 0.6 is 0 Å². The van der Waals surface area contributed by atoms with Gasteiger partial charge >= 0.3 is 0 Å². The number of amides is 2. The van der Waals surface area contributed by atoms with Crippen LogP contribution in [0.25, 0.3) is 0 Å². The molecule has 0 spiro atoms. The molecule has 0 rings (SSSR count). The molecule has 0 atom stereocenters. The van der Waals surface area contributed by atoms with Crippen molar-refractivity contribution in [2.45, 2.75) is 41.0 Å². The van der Waals surface area contributed by atoms with Crippen LogP contribution in [0.2, 0.25) is 0 Å². The first-order valence-corrected chi connectivity index (χ1v) is 6.74. The predicted octanol–water partition coefficient (Wildman–Crippen LogP) is 1.33. The predicted molar refractivity (Wildman–Crippen MR) is 75.7 cm³/mol. The second kappa shape index (κ2) is 8.15. The van der Waals surface area contributed by atoms with Gasteiger partial charge in [0.25, 0.3) is 0 Å². The summed E-state index contributed by atoms with van der Waals surface area (Å²) < 4.78 is 5.70. The van der Waals surface area contributed by atoms with Crippen molar-refractivity contribution in [1.82, 2.24) is 10.6 Å². The maximum atomic E-state index is 11.5. The number of ether oxygens (including phenoxy) is 1. The molecule has 0 aromatic heterocycles. The van der Waals surface area contributed by atoms with Crippen LogP contribution in [0.4, 0.5) is 0 Å². The van der Waals surface area contributed by atoms with E-state index in [1.165, 1.54) is 0 Å². The monoisotopic (exact) mass is 272 g/mol. The van der Waals surface area contributed by atoms with Crippen LogP contribution in [0.1, 0.15) is 41.0 Å². The summed E-state index contributed by atoms with van der Waals surface area (Å²) in [5.41, 5.74) is -0.296. The van der Waals surface area contributed by atoms with Crippen LogP contribution in [0.15, 0.2) is 0 Å². The second-order valence-corrected chi connectivity index (χ2v) is 6.45. The Kier molecular flexibility index (Phi) is 7.68. The largest absolute Gasteiger partial charge is 0.380 e. The van der Waals surface area contributed by atoms with Gasteiger partial charge in [0.2, 0.25) is 12.3 Å². The summed E-state index contributed by atoms with van der Waals surface area (Å²) in [6.45, 7) is 12.3. The summed E-state index contributed by atoms with van der Waals surface area (Å²) in [6, 6.07) is 0. The average molecular weight is 272 g/mol. The minimum atomic E-state index is -0.187. The van der Waals surface area contributed by atoms with Crippen LogP contribution in [-0.4, -0.2) is 38.6 Å². The van der Waals surface area contributed by atoms with E-state index < -0.39 is 0 Å². The number of nitrogens with one attached hydrogen (secondary N) is 2. The molecular weight excluding hydrogens is 244 g/mol. The first-order chi connectivity index (χ1) is 8.72.